The first-order valence-corrected chi connectivity index (χ1v) is 7.75. The molecule has 2 N–H and O–H groups in total. The Hall–Kier alpha value is -0.770. The summed E-state index contributed by atoms with van der Waals surface area (Å²) < 4.78 is 0. The molecular weight excluding hydrogens is 327 g/mol. The quantitative estimate of drug-likeness (QED) is 0.846. The van der Waals surface area contributed by atoms with Crippen molar-refractivity contribution in [2.24, 2.45) is 5.73 Å². The van der Waals surface area contributed by atoms with Crippen LogP contribution in [0, 0.1) is 0 Å². The van der Waals surface area contributed by atoms with Crippen molar-refractivity contribution in [2.45, 2.75) is 12.6 Å². The maximum Gasteiger partial charge on any atom is 0.0485 e. The first kappa shape index (κ1) is 16.6. The predicted molar refractivity (Wildman–Crippen MR) is 91.2 cm³/mol. The lowest BCUT2D eigenvalue weighted by atomic mass is 10.0. The summed E-state index contributed by atoms with van der Waals surface area (Å²) in [7, 11) is 2.01. The third kappa shape index (κ3) is 4.12. The molecule has 0 saturated carbocycles. The first-order chi connectivity index (χ1) is 10.0. The average Bonchev–Trinajstić information content (AvgIpc) is 2.44. The Labute approximate surface area is 140 Å². The largest absolute Gasteiger partial charge is 0.329 e. The second kappa shape index (κ2) is 7.48. The lowest BCUT2D eigenvalue weighted by molar-refractivity contribution is 0.242. The van der Waals surface area contributed by atoms with Gasteiger partial charge in [-0.05, 0) is 36.4 Å². The zero-order valence-corrected chi connectivity index (χ0v) is 14.0. The SMILES string of the molecule is CN(Cc1ccccc1Cl)C(CN)c1ccc(Cl)cc1Cl. The zero-order chi connectivity index (χ0) is 15.4. The van der Waals surface area contributed by atoms with Crippen LogP contribution in [0.25, 0.3) is 0 Å². The van der Waals surface area contributed by atoms with Crippen LogP contribution in [0.4, 0.5) is 0 Å². The molecule has 0 aromatic heterocycles. The van der Waals surface area contributed by atoms with Crippen LogP contribution >= 0.6 is 34.8 Å². The number of hydrogen-bond donors (Lipinski definition) is 1. The van der Waals surface area contributed by atoms with E-state index in [0.717, 1.165) is 16.1 Å². The van der Waals surface area contributed by atoms with Gasteiger partial charge in [0.1, 0.15) is 0 Å². The van der Waals surface area contributed by atoms with E-state index in [2.05, 4.69) is 4.90 Å². The lowest BCUT2D eigenvalue weighted by Crippen LogP contribution is -2.30. The molecule has 112 valence electrons. The third-order valence-electron chi connectivity index (χ3n) is 3.45. The van der Waals surface area contributed by atoms with Gasteiger partial charge in [0.2, 0.25) is 0 Å². The van der Waals surface area contributed by atoms with Crippen molar-refractivity contribution in [1.82, 2.24) is 4.90 Å². The topological polar surface area (TPSA) is 29.3 Å². The fourth-order valence-electron chi connectivity index (χ4n) is 2.32. The summed E-state index contributed by atoms with van der Waals surface area (Å²) in [6.07, 6.45) is 0. The molecule has 2 rings (SSSR count). The van der Waals surface area contributed by atoms with E-state index in [1.54, 1.807) is 6.07 Å². The van der Waals surface area contributed by atoms with Gasteiger partial charge in [0.15, 0.2) is 0 Å². The fourth-order valence-corrected chi connectivity index (χ4v) is 3.05. The summed E-state index contributed by atoms with van der Waals surface area (Å²) >= 11 is 18.4. The molecule has 1 unspecified atom stereocenters. The highest BCUT2D eigenvalue weighted by molar-refractivity contribution is 6.35. The molecule has 0 amide bonds. The number of halogens is 3. The van der Waals surface area contributed by atoms with Crippen molar-refractivity contribution in [2.75, 3.05) is 13.6 Å². The van der Waals surface area contributed by atoms with Crippen LogP contribution in [-0.4, -0.2) is 18.5 Å². The number of nitrogens with two attached hydrogens (primary N) is 1. The van der Waals surface area contributed by atoms with E-state index in [1.165, 1.54) is 0 Å². The van der Waals surface area contributed by atoms with Gasteiger partial charge in [0, 0.05) is 34.2 Å². The first-order valence-electron chi connectivity index (χ1n) is 6.61. The molecule has 0 radical (unpaired) electrons. The summed E-state index contributed by atoms with van der Waals surface area (Å²) in [5.74, 6) is 0. The Morgan fingerprint density at radius 1 is 1.05 bits per heavy atom. The molecular formula is C16H17Cl3N2. The van der Waals surface area contributed by atoms with E-state index in [9.17, 15) is 0 Å². The average molecular weight is 344 g/mol. The Kier molecular flexibility index (Phi) is 5.91. The van der Waals surface area contributed by atoms with Crippen molar-refractivity contribution in [1.29, 1.82) is 0 Å². The van der Waals surface area contributed by atoms with Gasteiger partial charge in [-0.3, -0.25) is 4.90 Å². The van der Waals surface area contributed by atoms with E-state index in [0.29, 0.717) is 23.1 Å². The molecule has 0 aliphatic rings. The minimum Gasteiger partial charge on any atom is -0.329 e. The Balaban J connectivity index is 2.22. The van der Waals surface area contributed by atoms with E-state index >= 15 is 0 Å². The number of hydrogen-bond acceptors (Lipinski definition) is 2. The van der Waals surface area contributed by atoms with Crippen molar-refractivity contribution in [3.05, 3.63) is 68.7 Å². The number of likely N-dealkylation sites (N-methyl/N-ethyl adjacent to an activating group) is 1. The van der Waals surface area contributed by atoms with Crippen LogP contribution in [0.1, 0.15) is 17.2 Å². The van der Waals surface area contributed by atoms with Gasteiger partial charge < -0.3 is 5.73 Å². The molecule has 2 nitrogen and oxygen atoms in total. The maximum atomic E-state index is 6.29. The highest BCUT2D eigenvalue weighted by Gasteiger charge is 2.19. The summed E-state index contributed by atoms with van der Waals surface area (Å²) in [6.45, 7) is 1.16. The molecule has 0 bridgehead atoms. The van der Waals surface area contributed by atoms with Gasteiger partial charge in [-0.1, -0.05) is 59.1 Å². The van der Waals surface area contributed by atoms with Crippen LogP contribution in [0.2, 0.25) is 15.1 Å². The summed E-state index contributed by atoms with van der Waals surface area (Å²) in [6, 6.07) is 13.3. The molecule has 2 aromatic carbocycles. The van der Waals surface area contributed by atoms with Crippen LogP contribution in [0.15, 0.2) is 42.5 Å². The Morgan fingerprint density at radius 3 is 2.38 bits per heavy atom. The number of rotatable bonds is 5. The molecule has 1 atom stereocenters. The zero-order valence-electron chi connectivity index (χ0n) is 11.7. The van der Waals surface area contributed by atoms with E-state index in [4.69, 9.17) is 40.5 Å². The molecule has 21 heavy (non-hydrogen) atoms. The monoisotopic (exact) mass is 342 g/mol. The molecule has 0 saturated heterocycles. The third-order valence-corrected chi connectivity index (χ3v) is 4.39. The van der Waals surface area contributed by atoms with Crippen molar-refractivity contribution < 1.29 is 0 Å². The molecule has 2 aromatic rings. The Morgan fingerprint density at radius 2 is 1.76 bits per heavy atom. The minimum atomic E-state index is 0.00559. The lowest BCUT2D eigenvalue weighted by Gasteiger charge is -2.28. The van der Waals surface area contributed by atoms with Crippen LogP contribution < -0.4 is 5.73 Å². The van der Waals surface area contributed by atoms with Gasteiger partial charge in [-0.15, -0.1) is 0 Å². The second-order valence-corrected chi connectivity index (χ2v) is 6.17. The highest BCUT2D eigenvalue weighted by Crippen LogP contribution is 2.30. The van der Waals surface area contributed by atoms with Gasteiger partial charge in [-0.2, -0.15) is 0 Å². The molecule has 0 heterocycles. The molecule has 0 spiro atoms. The highest BCUT2D eigenvalue weighted by atomic mass is 35.5. The summed E-state index contributed by atoms with van der Waals surface area (Å²) in [5, 5.41) is 2.00. The van der Waals surface area contributed by atoms with Crippen molar-refractivity contribution >= 4 is 34.8 Å². The Bertz CT molecular complexity index is 616. The predicted octanol–water partition coefficient (Wildman–Crippen LogP) is 4.78. The summed E-state index contributed by atoms with van der Waals surface area (Å²) in [4.78, 5) is 2.14. The maximum absolute atomic E-state index is 6.29. The molecule has 0 fully saturated rings. The standard InChI is InChI=1S/C16H17Cl3N2/c1-21(10-11-4-2-3-5-14(11)18)16(9-20)13-7-6-12(17)8-15(13)19/h2-8,16H,9-10,20H2,1H3. The van der Waals surface area contributed by atoms with Crippen LogP contribution in [0.5, 0.6) is 0 Å². The molecule has 5 heteroatoms. The van der Waals surface area contributed by atoms with Crippen LogP contribution in [-0.2, 0) is 6.54 Å². The van der Waals surface area contributed by atoms with E-state index in [-0.39, 0.29) is 6.04 Å². The van der Waals surface area contributed by atoms with Gasteiger partial charge in [-0.25, -0.2) is 0 Å². The van der Waals surface area contributed by atoms with Gasteiger partial charge in [0.25, 0.3) is 0 Å². The minimum absolute atomic E-state index is 0.00559. The smallest absolute Gasteiger partial charge is 0.0485 e. The van der Waals surface area contributed by atoms with E-state index in [1.807, 2.05) is 43.4 Å². The van der Waals surface area contributed by atoms with Crippen LogP contribution in [0.3, 0.4) is 0 Å². The second-order valence-electron chi connectivity index (χ2n) is 4.92. The number of benzene rings is 2. The summed E-state index contributed by atoms with van der Waals surface area (Å²) in [5.41, 5.74) is 7.97. The van der Waals surface area contributed by atoms with Gasteiger partial charge in [0.05, 0.1) is 0 Å². The molecule has 0 aliphatic heterocycles. The number of nitrogens with zero attached hydrogens (tertiary/aromatic N) is 1. The van der Waals surface area contributed by atoms with Gasteiger partial charge >= 0.3 is 0 Å². The fraction of sp³-hybridized carbons (Fsp3) is 0.250. The van der Waals surface area contributed by atoms with Crippen molar-refractivity contribution in [3.8, 4) is 0 Å². The van der Waals surface area contributed by atoms with Crippen molar-refractivity contribution in [3.63, 3.8) is 0 Å². The van der Waals surface area contributed by atoms with E-state index < -0.39 is 0 Å². The molecule has 0 aliphatic carbocycles. The normalized spacial score (nSPS) is 12.7.